The Bertz CT molecular complexity index is 1370. The molecule has 2 amide bonds. The zero-order valence-electron chi connectivity index (χ0n) is 41.3. The van der Waals surface area contributed by atoms with Crippen LogP contribution in [0.3, 0.4) is 0 Å². The lowest BCUT2D eigenvalue weighted by Crippen LogP contribution is -2.53. The van der Waals surface area contributed by atoms with E-state index in [1.165, 1.54) is 21.3 Å². The number of Topliss-reactive ketones (excluding diaryl/α,β-unsaturated/α-hetero) is 2. The number of halogens is 2. The van der Waals surface area contributed by atoms with E-state index < -0.39 is 72.2 Å². The highest BCUT2D eigenvalue weighted by atomic mass is 35.5. The van der Waals surface area contributed by atoms with Crippen LogP contribution in [0.4, 0.5) is 0 Å². The summed E-state index contributed by atoms with van der Waals surface area (Å²) in [4.78, 5) is 50.3. The molecule has 0 saturated heterocycles. The van der Waals surface area contributed by atoms with E-state index in [9.17, 15) is 60.0 Å². The van der Waals surface area contributed by atoms with Crippen molar-refractivity contribution in [2.45, 2.75) is 178 Å². The molecule has 0 aliphatic rings. The van der Waals surface area contributed by atoms with Gasteiger partial charge in [-0.3, -0.25) is 35.0 Å². The van der Waals surface area contributed by atoms with Crippen LogP contribution >= 0.6 is 24.8 Å². The predicted octanol–water partition coefficient (Wildman–Crippen LogP) is -0.0754. The van der Waals surface area contributed by atoms with Gasteiger partial charge in [0.15, 0.2) is 35.6 Å². The normalized spacial score (nSPS) is 14.3. The molecule has 69 heavy (non-hydrogen) atoms. The number of rotatable bonds is 37. The lowest BCUT2D eigenvalue weighted by Gasteiger charge is -2.25. The molecule has 0 heterocycles. The summed E-state index contributed by atoms with van der Waals surface area (Å²) < 4.78 is 9.48. The van der Waals surface area contributed by atoms with Gasteiger partial charge in [-0.25, -0.2) is 0 Å². The van der Waals surface area contributed by atoms with E-state index in [1.807, 2.05) is 14.0 Å². The molecule has 0 radical (unpaired) electrons. The number of carbonyl (C=O) groups is 4. The van der Waals surface area contributed by atoms with E-state index in [0.29, 0.717) is 36.9 Å². The number of aliphatic imine (C=N–C) groups is 1. The minimum absolute atomic E-state index is 0. The highest BCUT2D eigenvalue weighted by Crippen LogP contribution is 2.12. The van der Waals surface area contributed by atoms with Crippen LogP contribution in [0.2, 0.25) is 0 Å². The van der Waals surface area contributed by atoms with Gasteiger partial charge < -0.3 is 83.2 Å². The van der Waals surface area contributed by atoms with Gasteiger partial charge in [0.2, 0.25) is 0 Å². The number of aliphatic hydroxyl groups is 8. The largest absolute Gasteiger partial charge is 0.484 e. The molecule has 8 atom stereocenters. The van der Waals surface area contributed by atoms with E-state index >= 15 is 0 Å². The summed E-state index contributed by atoms with van der Waals surface area (Å²) in [6.45, 7) is 3.32. The quantitative estimate of drug-likeness (QED) is 0.0220. The van der Waals surface area contributed by atoms with Crippen molar-refractivity contribution in [1.82, 2.24) is 16.0 Å². The number of methoxy groups -OCH3 is 2. The Labute approximate surface area is 420 Å². The monoisotopic (exact) mass is 1040 g/mol. The molecule has 0 aromatic carbocycles. The number of hydrogen-bond donors (Lipinski definition) is 16. The molecule has 0 rings (SSSR count). The number of carbonyl (C=O) groups excluding carboxylic acids is 4. The highest BCUT2D eigenvalue weighted by Gasteiger charge is 2.38. The van der Waals surface area contributed by atoms with Crippen LogP contribution < -0.4 is 27.4 Å². The fraction of sp³-hybridized carbons (Fsp3) is 0.818. The minimum Gasteiger partial charge on any atom is -0.484 e. The number of nitrogens with one attached hydrogen (secondary N) is 6. The number of ketones is 2. The van der Waals surface area contributed by atoms with Gasteiger partial charge in [-0.1, -0.05) is 39.0 Å². The molecule has 0 saturated carbocycles. The van der Waals surface area contributed by atoms with E-state index in [2.05, 4.69) is 20.9 Å². The van der Waals surface area contributed by atoms with Crippen molar-refractivity contribution in [3.63, 3.8) is 0 Å². The third-order valence-corrected chi connectivity index (χ3v) is 10.2. The smallest absolute Gasteiger partial charge is 0.251 e. The number of nitrogens with two attached hydrogens (primary N) is 2. The standard InChI is InChI=1S/C22H43N5O6.C12H24N2O6.C10H20N2O2.2ClH/c1-25-13-7-10-15(23)9-5-3-4-6-12-17(24)27-14-8-11-16(28)18(29)19(30)20(31)21(32)22(33)26-2;1-2-3-4-7(15)8(16)9(17)10(18)11(19)12(20)14-6-5-13;1-13-9(11)7-5-3-4-6-8-10(12)14-2;;/h18-21,23,25,29-32H,3-14H2,1-2H3,(H2,24,27)(H,26,33);8-11,16-19H,2-6,13H2,1H3,(H,14,20);11-12H,3-8H2,1-2H3;2*1H/t18-,19+,20+,21-;8-,9+,10+,11-;;;/m00.../s1. The van der Waals surface area contributed by atoms with Gasteiger partial charge >= 0.3 is 0 Å². The van der Waals surface area contributed by atoms with Gasteiger partial charge in [0.05, 0.1) is 20.1 Å². The first-order valence-electron chi connectivity index (χ1n) is 23.1. The second kappa shape index (κ2) is 48.2. The Morgan fingerprint density at radius 1 is 0.551 bits per heavy atom. The highest BCUT2D eigenvalue weighted by molar-refractivity contribution is 5.86. The molecular formula is C44H89Cl2N9O14. The van der Waals surface area contributed by atoms with Crippen molar-refractivity contribution in [1.29, 1.82) is 16.2 Å². The minimum atomic E-state index is -2.00. The summed E-state index contributed by atoms with van der Waals surface area (Å²) in [5.41, 5.74) is 11.8. The van der Waals surface area contributed by atoms with E-state index in [4.69, 9.17) is 37.2 Å². The van der Waals surface area contributed by atoms with E-state index in [1.54, 1.807) is 0 Å². The van der Waals surface area contributed by atoms with Crippen LogP contribution in [0.15, 0.2) is 4.99 Å². The first-order chi connectivity index (χ1) is 31.7. The molecule has 23 nitrogen and oxygen atoms in total. The molecule has 18 N–H and O–H groups in total. The summed E-state index contributed by atoms with van der Waals surface area (Å²) in [6, 6.07) is 0. The van der Waals surface area contributed by atoms with Gasteiger partial charge in [0.25, 0.3) is 11.8 Å². The summed E-state index contributed by atoms with van der Waals surface area (Å²) >= 11 is 0. The summed E-state index contributed by atoms with van der Waals surface area (Å²) in [5, 5.41) is 107. The predicted molar refractivity (Wildman–Crippen MR) is 270 cm³/mol. The van der Waals surface area contributed by atoms with Crippen LogP contribution in [0, 0.1) is 16.2 Å². The molecule has 0 aromatic heterocycles. The van der Waals surface area contributed by atoms with Crippen molar-refractivity contribution in [3.05, 3.63) is 0 Å². The maximum Gasteiger partial charge on any atom is 0.251 e. The maximum atomic E-state index is 12.0. The number of aliphatic hydroxyl groups excluding tert-OH is 8. The Kier molecular flexibility index (Phi) is 52.0. The number of nitrogens with zero attached hydrogens (tertiary/aromatic N) is 1. The van der Waals surface area contributed by atoms with Crippen LogP contribution in [-0.2, 0) is 28.7 Å². The van der Waals surface area contributed by atoms with Crippen molar-refractivity contribution >= 4 is 71.5 Å². The Balaban J connectivity index is -0.000000323. The fourth-order valence-electron chi connectivity index (χ4n) is 5.82. The lowest BCUT2D eigenvalue weighted by molar-refractivity contribution is -0.154. The molecule has 0 aliphatic heterocycles. The molecule has 0 aromatic rings. The van der Waals surface area contributed by atoms with Crippen LogP contribution in [0.1, 0.15) is 129 Å². The van der Waals surface area contributed by atoms with Crippen molar-refractivity contribution in [2.24, 2.45) is 16.5 Å². The van der Waals surface area contributed by atoms with Gasteiger partial charge in [-0.2, -0.15) is 0 Å². The van der Waals surface area contributed by atoms with Crippen molar-refractivity contribution in [3.8, 4) is 0 Å². The topological polar surface area (TPSA) is 421 Å². The van der Waals surface area contributed by atoms with Crippen LogP contribution in [0.25, 0.3) is 0 Å². The number of amides is 2. The first kappa shape index (κ1) is 74.5. The second-order valence-electron chi connectivity index (χ2n) is 15.8. The second-order valence-corrected chi connectivity index (χ2v) is 15.8. The summed E-state index contributed by atoms with van der Waals surface area (Å²) in [7, 11) is 6.21. The molecule has 0 spiro atoms. The molecular weight excluding hydrogens is 949 g/mol. The Hall–Kier alpha value is -3.46. The van der Waals surface area contributed by atoms with E-state index in [0.717, 1.165) is 102 Å². The summed E-state index contributed by atoms with van der Waals surface area (Å²) in [6.07, 6.45) is -1.17. The molecule has 0 fully saturated rings. The van der Waals surface area contributed by atoms with Crippen molar-refractivity contribution < 1.29 is 69.5 Å². The first-order valence-corrected chi connectivity index (χ1v) is 23.1. The molecule has 25 heteroatoms. The Morgan fingerprint density at radius 2 is 0.957 bits per heavy atom. The van der Waals surface area contributed by atoms with Gasteiger partial charge in [0, 0.05) is 64.5 Å². The molecule has 0 unspecified atom stereocenters. The number of ether oxygens (including phenoxy) is 2. The average molecular weight is 1040 g/mol. The van der Waals surface area contributed by atoms with Crippen LogP contribution in [0.5, 0.6) is 0 Å². The Morgan fingerprint density at radius 3 is 1.38 bits per heavy atom. The third-order valence-electron chi connectivity index (χ3n) is 10.2. The van der Waals surface area contributed by atoms with E-state index in [-0.39, 0.29) is 57.3 Å². The molecule has 408 valence electrons. The SMILES string of the molecule is CCCCC(=O)[C@H](O)[C@@H](O)[C@@H](O)[C@H](O)C(=O)NCCN.CNCCCC(=N)CCCCCCC(N)=NCCCC(=O)[C@H](O)[C@@H](O)[C@@H](O)[C@H](O)C(=O)NC.COC(=N)CCCCCCC(=N)OC.Cl.Cl. The third kappa shape index (κ3) is 38.9. The number of unbranched alkanes of at least 4 members (excludes halogenated alkanes) is 7. The van der Waals surface area contributed by atoms with Gasteiger partial charge in [0.1, 0.15) is 36.6 Å². The van der Waals surface area contributed by atoms with Gasteiger partial charge in [-0.05, 0) is 71.4 Å². The fourth-order valence-corrected chi connectivity index (χ4v) is 5.82. The lowest BCUT2D eigenvalue weighted by atomic mass is 9.97. The van der Waals surface area contributed by atoms with Crippen molar-refractivity contribution in [2.75, 3.05) is 54.5 Å². The zero-order chi connectivity index (χ0) is 51.7. The molecule has 0 aliphatic carbocycles. The van der Waals surface area contributed by atoms with Crippen LogP contribution in [-0.4, -0.2) is 191 Å². The zero-order valence-corrected chi connectivity index (χ0v) is 43.0. The number of likely N-dealkylation sites (N-methyl/N-ethyl adjacent to an activating group) is 1. The molecule has 0 bridgehead atoms. The number of hydrogen-bond acceptors (Lipinski definition) is 20. The summed E-state index contributed by atoms with van der Waals surface area (Å²) in [5.74, 6) is -2.04. The van der Waals surface area contributed by atoms with Gasteiger partial charge in [-0.15, -0.1) is 24.8 Å². The average Bonchev–Trinajstić information content (AvgIpc) is 3.33. The number of amidine groups is 1. The maximum absolute atomic E-state index is 12.0.